The molecule has 0 bridgehead atoms. The van der Waals surface area contributed by atoms with E-state index in [-0.39, 0.29) is 17.9 Å². The van der Waals surface area contributed by atoms with Gasteiger partial charge in [-0.15, -0.1) is 13.2 Å². The number of halogens is 4. The summed E-state index contributed by atoms with van der Waals surface area (Å²) in [5.41, 5.74) is 0.968. The van der Waals surface area contributed by atoms with Crippen LogP contribution in [0.3, 0.4) is 0 Å². The molecule has 0 radical (unpaired) electrons. The van der Waals surface area contributed by atoms with Crippen molar-refractivity contribution in [1.29, 1.82) is 0 Å². The third-order valence-corrected chi connectivity index (χ3v) is 3.27. The van der Waals surface area contributed by atoms with Gasteiger partial charge in [0, 0.05) is 12.1 Å². The molecule has 0 fully saturated rings. The molecule has 2 aromatic carbocycles. The highest BCUT2D eigenvalue weighted by Gasteiger charge is 2.30. The zero-order valence-electron chi connectivity index (χ0n) is 13.9. The van der Waals surface area contributed by atoms with Gasteiger partial charge >= 0.3 is 12.3 Å². The van der Waals surface area contributed by atoms with Gasteiger partial charge in [-0.05, 0) is 48.4 Å². The van der Waals surface area contributed by atoms with Crippen LogP contribution in [0.5, 0.6) is 5.75 Å². The fraction of sp³-hybridized carbons (Fsp3) is 0.222. The Morgan fingerprint density at radius 3 is 2.19 bits per heavy atom. The third-order valence-electron chi connectivity index (χ3n) is 3.27. The van der Waals surface area contributed by atoms with Crippen LogP contribution in [0.25, 0.3) is 0 Å². The molecule has 0 aliphatic heterocycles. The van der Waals surface area contributed by atoms with Crippen molar-refractivity contribution in [2.24, 2.45) is 0 Å². The Bertz CT molecular complexity index is 773. The van der Waals surface area contributed by atoms with E-state index in [1.54, 1.807) is 12.1 Å². The molecule has 0 aliphatic rings. The number of carbonyl (C=O) groups is 2. The molecule has 0 spiro atoms. The number of hydrogen-bond acceptors (Lipinski definition) is 4. The van der Waals surface area contributed by atoms with E-state index in [0.29, 0.717) is 6.42 Å². The Balaban J connectivity index is 1.72. The molecular formula is C18H15F4NO4. The van der Waals surface area contributed by atoms with Crippen molar-refractivity contribution in [1.82, 2.24) is 0 Å². The number of hydrogen-bond donors (Lipinski definition) is 1. The van der Waals surface area contributed by atoms with Gasteiger partial charge in [-0.2, -0.15) is 0 Å². The number of alkyl halides is 3. The number of nitrogens with one attached hydrogen (secondary N) is 1. The van der Waals surface area contributed by atoms with Crippen molar-refractivity contribution >= 4 is 17.6 Å². The van der Waals surface area contributed by atoms with Gasteiger partial charge in [-0.25, -0.2) is 4.39 Å². The van der Waals surface area contributed by atoms with Gasteiger partial charge in [0.2, 0.25) is 0 Å². The van der Waals surface area contributed by atoms with Gasteiger partial charge in [0.05, 0.1) is 0 Å². The van der Waals surface area contributed by atoms with Gasteiger partial charge in [0.15, 0.2) is 6.61 Å². The average molecular weight is 385 g/mol. The molecular weight excluding hydrogens is 370 g/mol. The van der Waals surface area contributed by atoms with Crippen LogP contribution in [-0.4, -0.2) is 24.8 Å². The monoisotopic (exact) mass is 385 g/mol. The van der Waals surface area contributed by atoms with Crippen molar-refractivity contribution in [2.45, 2.75) is 19.2 Å². The lowest BCUT2D eigenvalue weighted by Gasteiger charge is -2.10. The molecule has 0 aromatic heterocycles. The van der Waals surface area contributed by atoms with Crippen molar-refractivity contribution in [3.63, 3.8) is 0 Å². The van der Waals surface area contributed by atoms with E-state index in [9.17, 15) is 27.2 Å². The first-order valence-corrected chi connectivity index (χ1v) is 7.77. The SMILES string of the molecule is O=C(COC(=O)CCc1ccc(F)cc1)Nc1ccc(OC(F)(F)F)cc1. The third kappa shape index (κ3) is 7.76. The predicted octanol–water partition coefficient (Wildman–Crippen LogP) is 3.84. The lowest BCUT2D eigenvalue weighted by molar-refractivity contribution is -0.274. The molecule has 2 aromatic rings. The van der Waals surface area contributed by atoms with Crippen LogP contribution in [0.15, 0.2) is 48.5 Å². The van der Waals surface area contributed by atoms with Gasteiger partial charge in [-0.3, -0.25) is 9.59 Å². The fourth-order valence-corrected chi connectivity index (χ4v) is 2.05. The number of benzene rings is 2. The molecule has 2 rings (SSSR count). The maximum absolute atomic E-state index is 12.8. The summed E-state index contributed by atoms with van der Waals surface area (Å²) in [6.07, 6.45) is -4.45. The van der Waals surface area contributed by atoms with Crippen molar-refractivity contribution < 1.29 is 36.6 Å². The average Bonchev–Trinajstić information content (AvgIpc) is 2.60. The minimum absolute atomic E-state index is 0.0163. The molecule has 5 nitrogen and oxygen atoms in total. The van der Waals surface area contributed by atoms with E-state index < -0.39 is 30.6 Å². The first kappa shape index (κ1) is 20.2. The van der Waals surface area contributed by atoms with Crippen LogP contribution < -0.4 is 10.1 Å². The maximum atomic E-state index is 12.8. The highest BCUT2D eigenvalue weighted by atomic mass is 19.4. The molecule has 0 saturated heterocycles. The van der Waals surface area contributed by atoms with Crippen LogP contribution >= 0.6 is 0 Å². The zero-order chi connectivity index (χ0) is 19.9. The molecule has 0 heterocycles. The largest absolute Gasteiger partial charge is 0.573 e. The smallest absolute Gasteiger partial charge is 0.456 e. The molecule has 0 saturated carbocycles. The van der Waals surface area contributed by atoms with E-state index in [1.807, 2.05) is 0 Å². The number of rotatable bonds is 7. The Labute approximate surface area is 151 Å². The lowest BCUT2D eigenvalue weighted by Crippen LogP contribution is -2.21. The Kier molecular flexibility index (Phi) is 6.75. The molecule has 1 N–H and O–H groups in total. The Morgan fingerprint density at radius 1 is 0.963 bits per heavy atom. The van der Waals surface area contributed by atoms with Crippen LogP contribution in [0.4, 0.5) is 23.2 Å². The number of esters is 1. The summed E-state index contributed by atoms with van der Waals surface area (Å²) in [6, 6.07) is 10.2. The number of carbonyl (C=O) groups excluding carboxylic acids is 2. The van der Waals surface area contributed by atoms with Crippen LogP contribution in [0.2, 0.25) is 0 Å². The minimum Gasteiger partial charge on any atom is -0.456 e. The highest BCUT2D eigenvalue weighted by Crippen LogP contribution is 2.23. The van der Waals surface area contributed by atoms with Gasteiger partial charge in [0.25, 0.3) is 5.91 Å². The Morgan fingerprint density at radius 2 is 1.59 bits per heavy atom. The van der Waals surface area contributed by atoms with Crippen molar-refractivity contribution in [3.8, 4) is 5.75 Å². The quantitative estimate of drug-likeness (QED) is 0.581. The molecule has 1 amide bonds. The lowest BCUT2D eigenvalue weighted by atomic mass is 10.1. The summed E-state index contributed by atoms with van der Waals surface area (Å²) in [7, 11) is 0. The summed E-state index contributed by atoms with van der Waals surface area (Å²) in [5.74, 6) is -2.05. The summed E-state index contributed by atoms with van der Waals surface area (Å²) in [6.45, 7) is -0.539. The summed E-state index contributed by atoms with van der Waals surface area (Å²) < 4.78 is 57.5. The summed E-state index contributed by atoms with van der Waals surface area (Å²) >= 11 is 0. The van der Waals surface area contributed by atoms with Gasteiger partial charge < -0.3 is 14.8 Å². The molecule has 9 heteroatoms. The highest BCUT2D eigenvalue weighted by molar-refractivity contribution is 5.92. The fourth-order valence-electron chi connectivity index (χ4n) is 2.05. The maximum Gasteiger partial charge on any atom is 0.573 e. The van der Waals surface area contributed by atoms with Gasteiger partial charge in [-0.1, -0.05) is 12.1 Å². The minimum atomic E-state index is -4.80. The molecule has 0 aliphatic carbocycles. The molecule has 0 unspecified atom stereocenters. The first-order chi connectivity index (χ1) is 12.7. The molecule has 27 heavy (non-hydrogen) atoms. The van der Waals surface area contributed by atoms with Crippen molar-refractivity contribution in [2.75, 3.05) is 11.9 Å². The Hall–Kier alpha value is -3.10. The van der Waals surface area contributed by atoms with Crippen LogP contribution in [0.1, 0.15) is 12.0 Å². The summed E-state index contributed by atoms with van der Waals surface area (Å²) in [5, 5.41) is 2.37. The number of amides is 1. The summed E-state index contributed by atoms with van der Waals surface area (Å²) in [4.78, 5) is 23.3. The van der Waals surface area contributed by atoms with Crippen LogP contribution in [-0.2, 0) is 20.7 Å². The second kappa shape index (κ2) is 9.02. The van der Waals surface area contributed by atoms with E-state index in [4.69, 9.17) is 4.74 Å². The second-order valence-electron chi connectivity index (χ2n) is 5.41. The number of ether oxygens (including phenoxy) is 2. The van der Waals surface area contributed by atoms with Crippen LogP contribution in [0, 0.1) is 5.82 Å². The number of aryl methyl sites for hydroxylation is 1. The topological polar surface area (TPSA) is 64.6 Å². The van der Waals surface area contributed by atoms with E-state index in [2.05, 4.69) is 10.1 Å². The normalized spacial score (nSPS) is 11.0. The zero-order valence-corrected chi connectivity index (χ0v) is 13.9. The predicted molar refractivity (Wildman–Crippen MR) is 87.4 cm³/mol. The van der Waals surface area contributed by atoms with Crippen molar-refractivity contribution in [3.05, 3.63) is 59.9 Å². The standard InChI is InChI=1S/C18H15F4NO4/c19-13-4-1-12(2-5-13)3-10-17(25)26-11-16(24)23-14-6-8-15(9-7-14)27-18(20,21)22/h1-2,4-9H,3,10-11H2,(H,23,24). The van der Waals surface area contributed by atoms with E-state index >= 15 is 0 Å². The molecule has 0 atom stereocenters. The van der Waals surface area contributed by atoms with E-state index in [0.717, 1.165) is 17.7 Å². The number of anilines is 1. The first-order valence-electron chi connectivity index (χ1n) is 7.77. The molecule has 144 valence electrons. The second-order valence-corrected chi connectivity index (χ2v) is 5.41. The van der Waals surface area contributed by atoms with Gasteiger partial charge in [0.1, 0.15) is 11.6 Å². The van der Waals surface area contributed by atoms with E-state index in [1.165, 1.54) is 24.3 Å².